The van der Waals surface area contributed by atoms with Crippen molar-refractivity contribution in [1.29, 1.82) is 0 Å². The minimum Gasteiger partial charge on any atom is -1.00 e. The first-order valence-electron chi connectivity index (χ1n) is 3.22. The maximum absolute atomic E-state index is 2.27. The molecule has 0 radical (unpaired) electrons. The molecule has 0 aromatic carbocycles. The van der Waals surface area contributed by atoms with Crippen molar-refractivity contribution < 1.29 is 43.5 Å². The second kappa shape index (κ2) is 7.30. The summed E-state index contributed by atoms with van der Waals surface area (Å²) in [6.07, 6.45) is 7.90. The van der Waals surface area contributed by atoms with Gasteiger partial charge < -0.3 is 24.8 Å². The van der Waals surface area contributed by atoms with Crippen molar-refractivity contribution in [3.8, 4) is 0 Å². The van der Waals surface area contributed by atoms with Gasteiger partial charge in [0.2, 0.25) is 0 Å². The Hall–Kier alpha value is 0.644. The van der Waals surface area contributed by atoms with Crippen molar-refractivity contribution in [3.63, 3.8) is 0 Å². The predicted octanol–water partition coefficient (Wildman–Crippen LogP) is -3.87. The Morgan fingerprint density at radius 2 is 2.00 bits per heavy atom. The SMILES string of the molecule is C[C](C)=[Ti+2][C]1=CC=CC1.[Cl-].[Cl-]. The molecule has 0 saturated heterocycles. The normalized spacial score (nSPS) is 12.4. The van der Waals surface area contributed by atoms with Gasteiger partial charge >= 0.3 is 64.9 Å². The fourth-order valence-electron chi connectivity index (χ4n) is 0.861. The van der Waals surface area contributed by atoms with Crippen molar-refractivity contribution in [2.45, 2.75) is 20.3 Å². The van der Waals surface area contributed by atoms with Gasteiger partial charge in [0.15, 0.2) is 0 Å². The van der Waals surface area contributed by atoms with Crippen molar-refractivity contribution in [2.24, 2.45) is 0 Å². The van der Waals surface area contributed by atoms with Gasteiger partial charge in [-0.1, -0.05) is 0 Å². The second-order valence-electron chi connectivity index (χ2n) is 2.45. The van der Waals surface area contributed by atoms with E-state index in [9.17, 15) is 0 Å². The van der Waals surface area contributed by atoms with Crippen LogP contribution in [0.25, 0.3) is 0 Å². The first-order valence-corrected chi connectivity index (χ1v) is 4.78. The third-order valence-electron chi connectivity index (χ3n) is 1.18. The Morgan fingerprint density at radius 3 is 2.36 bits per heavy atom. The van der Waals surface area contributed by atoms with E-state index in [1.807, 2.05) is 0 Å². The molecule has 0 amide bonds. The van der Waals surface area contributed by atoms with Crippen LogP contribution < -0.4 is 24.8 Å². The van der Waals surface area contributed by atoms with Crippen molar-refractivity contribution in [3.05, 3.63) is 22.1 Å². The van der Waals surface area contributed by atoms with Crippen LogP contribution >= 0.6 is 0 Å². The van der Waals surface area contributed by atoms with E-state index in [-0.39, 0.29) is 43.5 Å². The minimum atomic E-state index is 0. The summed E-state index contributed by atoms with van der Waals surface area (Å²) < 4.78 is 3.31. The van der Waals surface area contributed by atoms with Gasteiger partial charge in [0.25, 0.3) is 0 Å². The van der Waals surface area contributed by atoms with E-state index < -0.39 is 0 Å². The molecule has 0 aromatic heterocycles. The summed E-state index contributed by atoms with van der Waals surface area (Å²) >= 11 is 0.153. The van der Waals surface area contributed by atoms with Crippen LogP contribution in [0.2, 0.25) is 0 Å². The molecule has 3 heteroatoms. The van der Waals surface area contributed by atoms with Gasteiger partial charge in [0.05, 0.1) is 0 Å². The van der Waals surface area contributed by atoms with Gasteiger partial charge in [-0.25, -0.2) is 0 Å². The summed E-state index contributed by atoms with van der Waals surface area (Å²) in [6, 6.07) is 0. The van der Waals surface area contributed by atoms with Gasteiger partial charge in [-0.05, 0) is 0 Å². The first kappa shape index (κ1) is 14.2. The Labute approximate surface area is 89.4 Å². The zero-order valence-corrected chi connectivity index (χ0v) is 9.77. The molecule has 1 aliphatic rings. The van der Waals surface area contributed by atoms with Gasteiger partial charge in [-0.2, -0.15) is 0 Å². The van der Waals surface area contributed by atoms with Gasteiger partial charge in [-0.3, -0.25) is 0 Å². The average molecular weight is 226 g/mol. The Balaban J connectivity index is 0. The van der Waals surface area contributed by atoms with E-state index in [0.29, 0.717) is 0 Å². The monoisotopic (exact) mass is 225 g/mol. The van der Waals surface area contributed by atoms with Gasteiger partial charge in [0, 0.05) is 0 Å². The number of allylic oxidation sites excluding steroid dienone is 4. The number of halogens is 2. The molecule has 1 rings (SSSR count). The van der Waals surface area contributed by atoms with Gasteiger partial charge in [0.1, 0.15) is 0 Å². The largest absolute Gasteiger partial charge is 1.00 e. The standard InChI is InChI=1S/C5H5.C3H6.2ClH.Ti/c1-2-4-5-3-1;1-3-2;;;/h1-3H,4H2;1-2H3;2*1H;/q;;;;+2/p-2. The third-order valence-corrected chi connectivity index (χ3v) is 3.04. The zero-order chi connectivity index (χ0) is 6.69. The molecule has 0 atom stereocenters. The van der Waals surface area contributed by atoms with Gasteiger partial charge in [-0.15, -0.1) is 0 Å². The molecule has 0 unspecified atom stereocenters. The molecule has 0 spiro atoms. The van der Waals surface area contributed by atoms with Crippen LogP contribution in [0.1, 0.15) is 20.3 Å². The number of rotatable bonds is 1. The fraction of sp³-hybridized carbons (Fsp3) is 0.375. The second-order valence-corrected chi connectivity index (χ2v) is 5.40. The molecule has 0 N–H and O–H groups in total. The molecule has 0 fully saturated rings. The molecule has 0 aliphatic heterocycles. The molecular formula is C8H11Cl2Ti. The number of hydrogen-bond acceptors (Lipinski definition) is 0. The topological polar surface area (TPSA) is 0 Å². The van der Waals surface area contributed by atoms with Crippen molar-refractivity contribution >= 4 is 3.81 Å². The summed E-state index contributed by atoms with van der Waals surface area (Å²) in [5, 5.41) is 0. The van der Waals surface area contributed by atoms with E-state index in [1.54, 1.807) is 7.69 Å². The van der Waals surface area contributed by atoms with Crippen LogP contribution in [0.5, 0.6) is 0 Å². The van der Waals surface area contributed by atoms with Crippen LogP contribution in [0.15, 0.2) is 22.1 Å². The third kappa shape index (κ3) is 5.87. The van der Waals surface area contributed by atoms with Crippen LogP contribution in [0.3, 0.4) is 0 Å². The van der Waals surface area contributed by atoms with Crippen LogP contribution in [-0.4, -0.2) is 3.81 Å². The van der Waals surface area contributed by atoms with E-state index >= 15 is 0 Å². The summed E-state index contributed by atoms with van der Waals surface area (Å²) in [4.78, 5) is 0. The fourth-order valence-corrected chi connectivity index (χ4v) is 2.49. The summed E-state index contributed by atoms with van der Waals surface area (Å²) in [7, 11) is 0. The van der Waals surface area contributed by atoms with Crippen LogP contribution in [0.4, 0.5) is 0 Å². The van der Waals surface area contributed by atoms with Crippen LogP contribution in [0, 0.1) is 0 Å². The van der Waals surface area contributed by atoms with Crippen molar-refractivity contribution in [1.82, 2.24) is 0 Å². The molecule has 61 valence electrons. The minimum absolute atomic E-state index is 0. The van der Waals surface area contributed by atoms with E-state index in [1.165, 1.54) is 6.42 Å². The van der Waals surface area contributed by atoms with Crippen LogP contribution in [-0.2, 0) is 18.7 Å². The zero-order valence-electron chi connectivity index (χ0n) is 6.70. The molecule has 0 heterocycles. The quantitative estimate of drug-likeness (QED) is 0.401. The van der Waals surface area contributed by atoms with E-state index in [0.717, 1.165) is 0 Å². The van der Waals surface area contributed by atoms with Crippen molar-refractivity contribution in [2.75, 3.05) is 0 Å². The van der Waals surface area contributed by atoms with E-state index in [4.69, 9.17) is 0 Å². The maximum Gasteiger partial charge on any atom is -1.00 e. The molecule has 11 heavy (non-hydrogen) atoms. The average Bonchev–Trinajstić information content (AvgIpc) is 2.15. The molecular weight excluding hydrogens is 215 g/mol. The first-order chi connectivity index (χ1) is 4.29. The Kier molecular flexibility index (Phi) is 9.42. The molecule has 0 bridgehead atoms. The molecule has 1 aliphatic carbocycles. The predicted molar refractivity (Wildman–Crippen MR) is 38.2 cm³/mol. The molecule has 0 nitrogen and oxygen atoms in total. The molecule has 0 aromatic rings. The maximum atomic E-state index is 2.27. The molecule has 0 saturated carbocycles. The summed E-state index contributed by atoms with van der Waals surface area (Å²) in [5.74, 6) is 0. The smallest absolute Gasteiger partial charge is 1.00 e. The van der Waals surface area contributed by atoms with E-state index in [2.05, 4.69) is 32.1 Å². The number of hydrogen-bond donors (Lipinski definition) is 0. The Morgan fingerprint density at radius 1 is 1.36 bits per heavy atom. The summed E-state index contributed by atoms with van der Waals surface area (Å²) in [6.45, 7) is 4.47. The summed E-state index contributed by atoms with van der Waals surface area (Å²) in [5.41, 5.74) is 0. The Bertz CT molecular complexity index is 188.